The van der Waals surface area contributed by atoms with Gasteiger partial charge in [0.05, 0.1) is 13.0 Å². The summed E-state index contributed by atoms with van der Waals surface area (Å²) in [6, 6.07) is 0. The first-order chi connectivity index (χ1) is 6.18. The van der Waals surface area contributed by atoms with E-state index in [1.165, 1.54) is 12.8 Å². The molecule has 1 saturated carbocycles. The highest BCUT2D eigenvalue weighted by Crippen LogP contribution is 2.28. The van der Waals surface area contributed by atoms with Crippen molar-refractivity contribution in [1.29, 1.82) is 0 Å². The van der Waals surface area contributed by atoms with Crippen molar-refractivity contribution in [1.82, 2.24) is 0 Å². The summed E-state index contributed by atoms with van der Waals surface area (Å²) in [5.41, 5.74) is 0. The first kappa shape index (κ1) is 10.7. The Bertz CT molecular complexity index is 200. The average Bonchev–Trinajstić information content (AvgIpc) is 2.84. The normalized spacial score (nSPS) is 18.5. The fraction of sp³-hybridized carbons (Fsp3) is 0.875. The minimum absolute atomic E-state index is 0.0423. The van der Waals surface area contributed by atoms with Crippen LogP contribution in [0, 0.1) is 5.92 Å². The van der Waals surface area contributed by atoms with E-state index in [2.05, 4.69) is 0 Å². The molecule has 0 radical (unpaired) electrons. The average molecular weight is 206 g/mol. The molecule has 13 heavy (non-hydrogen) atoms. The van der Waals surface area contributed by atoms with Gasteiger partial charge in [-0.05, 0) is 18.8 Å². The number of carboxylic acid groups (broad SMARTS) is 1. The summed E-state index contributed by atoms with van der Waals surface area (Å²) in [7, 11) is -1.13. The van der Waals surface area contributed by atoms with Crippen molar-refractivity contribution < 1.29 is 18.8 Å². The SMILES string of the molecule is O=C(O)CCS(=O)COCC1CC1. The summed E-state index contributed by atoms with van der Waals surface area (Å²) in [4.78, 5) is 10.1. The summed E-state index contributed by atoms with van der Waals surface area (Å²) < 4.78 is 16.2. The molecular weight excluding hydrogens is 192 g/mol. The summed E-state index contributed by atoms with van der Waals surface area (Å²) in [6.07, 6.45) is 2.38. The Morgan fingerprint density at radius 1 is 1.54 bits per heavy atom. The molecule has 0 spiro atoms. The van der Waals surface area contributed by atoms with Crippen LogP contribution in [0.25, 0.3) is 0 Å². The van der Waals surface area contributed by atoms with Crippen molar-refractivity contribution in [3.63, 3.8) is 0 Å². The van der Waals surface area contributed by atoms with Crippen LogP contribution >= 0.6 is 0 Å². The highest BCUT2D eigenvalue weighted by atomic mass is 32.2. The van der Waals surface area contributed by atoms with E-state index < -0.39 is 16.8 Å². The molecule has 0 saturated heterocycles. The van der Waals surface area contributed by atoms with E-state index in [-0.39, 0.29) is 18.1 Å². The highest BCUT2D eigenvalue weighted by molar-refractivity contribution is 7.84. The first-order valence-corrected chi connectivity index (χ1v) is 5.82. The van der Waals surface area contributed by atoms with Gasteiger partial charge in [-0.15, -0.1) is 0 Å². The van der Waals surface area contributed by atoms with Crippen LogP contribution < -0.4 is 0 Å². The monoisotopic (exact) mass is 206 g/mol. The summed E-state index contributed by atoms with van der Waals surface area (Å²) in [5.74, 6) is 0.135. The van der Waals surface area contributed by atoms with Gasteiger partial charge in [0.15, 0.2) is 0 Å². The summed E-state index contributed by atoms with van der Waals surface area (Å²) in [5, 5.41) is 8.31. The molecule has 76 valence electrons. The van der Waals surface area contributed by atoms with Crippen molar-refractivity contribution in [3.8, 4) is 0 Å². The van der Waals surface area contributed by atoms with Crippen LogP contribution in [0.15, 0.2) is 0 Å². The minimum atomic E-state index is -1.13. The molecule has 0 aliphatic heterocycles. The number of hydrogen-bond donors (Lipinski definition) is 1. The van der Waals surface area contributed by atoms with Crippen LogP contribution in [-0.2, 0) is 20.3 Å². The molecule has 0 aromatic heterocycles. The molecule has 1 rings (SSSR count). The van der Waals surface area contributed by atoms with Crippen LogP contribution in [-0.4, -0.2) is 33.6 Å². The zero-order valence-corrected chi connectivity index (χ0v) is 8.22. The summed E-state index contributed by atoms with van der Waals surface area (Å²) in [6.45, 7) is 0.679. The molecule has 5 heteroatoms. The van der Waals surface area contributed by atoms with Crippen molar-refractivity contribution in [2.75, 3.05) is 18.3 Å². The predicted molar refractivity (Wildman–Crippen MR) is 48.8 cm³/mol. The van der Waals surface area contributed by atoms with E-state index in [0.717, 1.165) is 0 Å². The lowest BCUT2D eigenvalue weighted by molar-refractivity contribution is -0.136. The Labute approximate surface area is 79.7 Å². The van der Waals surface area contributed by atoms with E-state index in [1.807, 2.05) is 0 Å². The lowest BCUT2D eigenvalue weighted by Gasteiger charge is -2.01. The number of carbonyl (C=O) groups is 1. The zero-order chi connectivity index (χ0) is 9.68. The maximum atomic E-state index is 11.1. The third kappa shape index (κ3) is 5.76. The quantitative estimate of drug-likeness (QED) is 0.662. The molecule has 1 unspecified atom stereocenters. The van der Waals surface area contributed by atoms with Crippen LogP contribution in [0.4, 0.5) is 0 Å². The van der Waals surface area contributed by atoms with Gasteiger partial charge >= 0.3 is 5.97 Å². The molecule has 1 N–H and O–H groups in total. The molecule has 4 nitrogen and oxygen atoms in total. The molecule has 1 atom stereocenters. The number of hydrogen-bond acceptors (Lipinski definition) is 3. The fourth-order valence-corrected chi connectivity index (χ4v) is 1.65. The molecule has 0 heterocycles. The molecule has 0 bridgehead atoms. The van der Waals surface area contributed by atoms with Gasteiger partial charge in [-0.3, -0.25) is 9.00 Å². The molecule has 0 aromatic rings. The second kappa shape index (κ2) is 5.34. The Kier molecular flexibility index (Phi) is 4.38. The summed E-state index contributed by atoms with van der Waals surface area (Å²) >= 11 is 0. The lowest BCUT2D eigenvalue weighted by atomic mass is 10.5. The van der Waals surface area contributed by atoms with E-state index in [9.17, 15) is 9.00 Å². The van der Waals surface area contributed by atoms with E-state index in [4.69, 9.17) is 9.84 Å². The lowest BCUT2D eigenvalue weighted by Crippen LogP contribution is -2.10. The predicted octanol–water partition coefficient (Wildman–Crippen LogP) is 0.594. The fourth-order valence-electron chi connectivity index (χ4n) is 0.852. The van der Waals surface area contributed by atoms with Crippen LogP contribution in [0.2, 0.25) is 0 Å². The molecule has 1 fully saturated rings. The standard InChI is InChI=1S/C8H14O4S/c9-8(10)3-4-13(11)6-12-5-7-1-2-7/h7H,1-6H2,(H,9,10). The molecular formula is C8H14O4S. The van der Waals surface area contributed by atoms with Crippen LogP contribution in [0.5, 0.6) is 0 Å². The van der Waals surface area contributed by atoms with Crippen molar-refractivity contribution in [3.05, 3.63) is 0 Å². The van der Waals surface area contributed by atoms with E-state index >= 15 is 0 Å². The van der Waals surface area contributed by atoms with Gasteiger partial charge in [0, 0.05) is 16.6 Å². The van der Waals surface area contributed by atoms with Crippen molar-refractivity contribution in [2.45, 2.75) is 19.3 Å². The smallest absolute Gasteiger partial charge is 0.304 e. The van der Waals surface area contributed by atoms with Gasteiger partial charge in [-0.2, -0.15) is 0 Å². The van der Waals surface area contributed by atoms with Gasteiger partial charge < -0.3 is 9.84 Å². The third-order valence-electron chi connectivity index (χ3n) is 1.81. The van der Waals surface area contributed by atoms with Gasteiger partial charge in [0.2, 0.25) is 0 Å². The topological polar surface area (TPSA) is 63.6 Å². The molecule has 0 amide bonds. The molecule has 1 aliphatic rings. The first-order valence-electron chi connectivity index (χ1n) is 4.33. The second-order valence-corrected chi connectivity index (χ2v) is 4.74. The Morgan fingerprint density at radius 2 is 2.23 bits per heavy atom. The Balaban J connectivity index is 1.93. The van der Waals surface area contributed by atoms with E-state index in [0.29, 0.717) is 12.5 Å². The van der Waals surface area contributed by atoms with Crippen molar-refractivity contribution in [2.24, 2.45) is 5.92 Å². The second-order valence-electron chi connectivity index (χ2n) is 3.22. The van der Waals surface area contributed by atoms with Crippen LogP contribution in [0.3, 0.4) is 0 Å². The Morgan fingerprint density at radius 3 is 2.77 bits per heavy atom. The van der Waals surface area contributed by atoms with Gasteiger partial charge in [0.1, 0.15) is 5.94 Å². The van der Waals surface area contributed by atoms with E-state index in [1.54, 1.807) is 0 Å². The van der Waals surface area contributed by atoms with Gasteiger partial charge in [-0.1, -0.05) is 0 Å². The zero-order valence-electron chi connectivity index (χ0n) is 7.40. The number of aliphatic carboxylic acids is 1. The van der Waals surface area contributed by atoms with Gasteiger partial charge in [-0.25, -0.2) is 0 Å². The molecule has 0 aromatic carbocycles. The molecule has 1 aliphatic carbocycles. The maximum Gasteiger partial charge on any atom is 0.304 e. The maximum absolute atomic E-state index is 11.1. The van der Waals surface area contributed by atoms with Crippen molar-refractivity contribution >= 4 is 16.8 Å². The van der Waals surface area contributed by atoms with Crippen LogP contribution in [0.1, 0.15) is 19.3 Å². The highest BCUT2D eigenvalue weighted by Gasteiger charge is 2.21. The Hall–Kier alpha value is -0.420. The number of rotatable bonds is 7. The third-order valence-corrected chi connectivity index (χ3v) is 2.90. The minimum Gasteiger partial charge on any atom is -0.481 e. The number of carboxylic acids is 1. The van der Waals surface area contributed by atoms with Gasteiger partial charge in [0.25, 0.3) is 0 Å². The largest absolute Gasteiger partial charge is 0.481 e. The number of ether oxygens (including phenoxy) is 1.